The van der Waals surface area contributed by atoms with Gasteiger partial charge in [-0.3, -0.25) is 9.59 Å². The van der Waals surface area contributed by atoms with Crippen LogP contribution in [0.5, 0.6) is 5.75 Å². The Balaban J connectivity index is 1.35. The van der Waals surface area contributed by atoms with E-state index in [-0.39, 0.29) is 39.1 Å². The molecule has 4 atom stereocenters. The molecule has 0 bridgehead atoms. The first-order valence-electron chi connectivity index (χ1n) is 19.2. The zero-order valence-corrected chi connectivity index (χ0v) is 32.8. The van der Waals surface area contributed by atoms with Gasteiger partial charge in [-0.2, -0.15) is 0 Å². The number of alkyl carbamates (subject to hydrolysis) is 1. The summed E-state index contributed by atoms with van der Waals surface area (Å²) >= 11 is 0. The number of hydrogen-bond acceptors (Lipinski definition) is 10. The van der Waals surface area contributed by atoms with Gasteiger partial charge in [0.25, 0.3) is 0 Å². The molecule has 0 saturated carbocycles. The minimum absolute atomic E-state index is 0.0193. The molecule has 0 aliphatic carbocycles. The maximum Gasteiger partial charge on any atom is 0.408 e. The third-order valence-corrected chi connectivity index (χ3v) is 8.90. The van der Waals surface area contributed by atoms with Gasteiger partial charge in [0.2, 0.25) is 11.8 Å². The first-order valence-corrected chi connectivity index (χ1v) is 19.2. The van der Waals surface area contributed by atoms with Crippen LogP contribution in [0, 0.1) is 5.92 Å². The number of carbonyl (C=O) groups excluding carboxylic acids is 5. The van der Waals surface area contributed by atoms with Gasteiger partial charge in [-0.1, -0.05) is 115 Å². The topological polar surface area (TPSA) is 179 Å². The monoisotopic (exact) mass is 805 g/mol. The highest BCUT2D eigenvalue weighted by molar-refractivity contribution is 5.89. The van der Waals surface area contributed by atoms with E-state index in [1.54, 1.807) is 54.6 Å². The lowest BCUT2D eigenvalue weighted by Crippen LogP contribution is -2.49. The predicted octanol–water partition coefficient (Wildman–Crippen LogP) is 5.51. The molecule has 13 nitrogen and oxygen atoms in total. The molecule has 3 amide bonds. The molecule has 0 aliphatic rings. The van der Waals surface area contributed by atoms with Crippen LogP contribution < -0.4 is 20.7 Å². The highest BCUT2D eigenvalue weighted by Crippen LogP contribution is 2.17. The molecule has 4 rings (SSSR count). The van der Waals surface area contributed by atoms with Gasteiger partial charge in [-0.05, 0) is 53.6 Å². The molecule has 0 heterocycles. The second-order valence-electron chi connectivity index (χ2n) is 13.6. The third kappa shape index (κ3) is 16.3. The summed E-state index contributed by atoms with van der Waals surface area (Å²) in [6, 6.07) is 31.5. The fourth-order valence-electron chi connectivity index (χ4n) is 5.74. The van der Waals surface area contributed by atoms with Crippen LogP contribution in [0.4, 0.5) is 4.79 Å². The van der Waals surface area contributed by atoms with Crippen LogP contribution in [0.15, 0.2) is 141 Å². The smallest absolute Gasteiger partial charge is 0.408 e. The summed E-state index contributed by atoms with van der Waals surface area (Å²) in [6.45, 7) is 6.59. The molecular formula is C46H51N3O10. The summed E-state index contributed by atoms with van der Waals surface area (Å²) in [7, 11) is 0. The number of amides is 3. The van der Waals surface area contributed by atoms with Gasteiger partial charge in [0.05, 0.1) is 18.6 Å². The van der Waals surface area contributed by atoms with Gasteiger partial charge in [-0.25, -0.2) is 14.4 Å². The normalized spacial score (nSPS) is 12.6. The van der Waals surface area contributed by atoms with Gasteiger partial charge >= 0.3 is 18.0 Å². The van der Waals surface area contributed by atoms with Crippen molar-refractivity contribution in [3.05, 3.63) is 163 Å². The van der Waals surface area contributed by atoms with Crippen LogP contribution in [0.25, 0.3) is 0 Å². The van der Waals surface area contributed by atoms with Crippen LogP contribution in [-0.4, -0.2) is 66.3 Å². The Labute approximate surface area is 344 Å². The molecule has 0 spiro atoms. The molecule has 0 aromatic heterocycles. The standard InChI is InChI=1S/C46H51N3O10/c1-3-14-37(27-42(51)47-38(28-50)26-33-22-24-39(25-23-33)56-29-34-16-8-5-9-17-34)43(52)48-41(45(54)57-30-35-18-10-6-11-19-35)32-58-44(53)40(15-4-2)49-46(55)59-31-36-20-12-7-13-21-36/h3-13,16-25,37-38,40-41,50H,1-2,14-15,26-32H2,(H,47,51)(H,48,52)(H,49,55)/t37-,38-,40+,41+/m0/s1. The van der Waals surface area contributed by atoms with E-state index in [4.69, 9.17) is 18.9 Å². The van der Waals surface area contributed by atoms with Crippen molar-refractivity contribution >= 4 is 29.8 Å². The summed E-state index contributed by atoms with van der Waals surface area (Å²) in [6.07, 6.45) is 2.05. The molecule has 4 aromatic carbocycles. The number of esters is 2. The number of aliphatic hydroxyl groups excluding tert-OH is 1. The Morgan fingerprint density at radius 1 is 0.593 bits per heavy atom. The van der Waals surface area contributed by atoms with Crippen LogP contribution in [0.1, 0.15) is 41.5 Å². The van der Waals surface area contributed by atoms with Crippen molar-refractivity contribution in [2.75, 3.05) is 13.2 Å². The SMILES string of the molecule is C=CC[C@@H](CC(=O)N[C@H](CO)Cc1ccc(OCc2ccccc2)cc1)C(=O)N[C@H](COC(=O)[C@@H](CC=C)NC(=O)OCc1ccccc1)C(=O)OCc1ccccc1. The number of ether oxygens (including phenoxy) is 4. The van der Waals surface area contributed by atoms with Crippen LogP contribution in [0.3, 0.4) is 0 Å². The second-order valence-corrected chi connectivity index (χ2v) is 13.6. The average molecular weight is 806 g/mol. The van der Waals surface area contributed by atoms with E-state index in [1.165, 1.54) is 12.2 Å². The molecule has 0 unspecified atom stereocenters. The maximum absolute atomic E-state index is 13.7. The Morgan fingerprint density at radius 3 is 1.69 bits per heavy atom. The highest BCUT2D eigenvalue weighted by atomic mass is 16.6. The van der Waals surface area contributed by atoms with Crippen molar-refractivity contribution in [1.29, 1.82) is 0 Å². The van der Waals surface area contributed by atoms with Gasteiger partial charge in [0.15, 0.2) is 6.04 Å². The van der Waals surface area contributed by atoms with Crippen molar-refractivity contribution in [2.45, 2.75) is 63.6 Å². The van der Waals surface area contributed by atoms with E-state index >= 15 is 0 Å². The molecule has 13 heteroatoms. The van der Waals surface area contributed by atoms with Crippen molar-refractivity contribution in [1.82, 2.24) is 16.0 Å². The molecule has 0 radical (unpaired) electrons. The van der Waals surface area contributed by atoms with Gasteiger partial charge in [-0.15, -0.1) is 13.2 Å². The molecule has 310 valence electrons. The Morgan fingerprint density at radius 2 is 1.14 bits per heavy atom. The summed E-state index contributed by atoms with van der Waals surface area (Å²) in [5.41, 5.74) is 3.30. The predicted molar refractivity (Wildman–Crippen MR) is 220 cm³/mol. The summed E-state index contributed by atoms with van der Waals surface area (Å²) in [5.74, 6) is -3.34. The van der Waals surface area contributed by atoms with Crippen molar-refractivity contribution in [3.8, 4) is 5.75 Å². The first kappa shape index (κ1) is 45.0. The van der Waals surface area contributed by atoms with E-state index in [0.29, 0.717) is 24.3 Å². The lowest BCUT2D eigenvalue weighted by atomic mass is 9.98. The third-order valence-electron chi connectivity index (χ3n) is 8.90. The number of benzene rings is 4. The lowest BCUT2D eigenvalue weighted by Gasteiger charge is -2.23. The van der Waals surface area contributed by atoms with E-state index in [2.05, 4.69) is 29.1 Å². The largest absolute Gasteiger partial charge is 0.489 e. The number of allylic oxidation sites excluding steroid dienone is 1. The van der Waals surface area contributed by atoms with E-state index in [0.717, 1.165) is 16.7 Å². The molecule has 0 fully saturated rings. The average Bonchev–Trinajstić information content (AvgIpc) is 3.26. The molecular weight excluding hydrogens is 755 g/mol. The number of nitrogens with one attached hydrogen (secondary N) is 3. The fraction of sp³-hybridized carbons (Fsp3) is 0.283. The van der Waals surface area contributed by atoms with Crippen LogP contribution in [-0.2, 0) is 59.6 Å². The lowest BCUT2D eigenvalue weighted by molar-refractivity contribution is -0.156. The van der Waals surface area contributed by atoms with E-state index in [1.807, 2.05) is 60.7 Å². The number of aliphatic hydroxyl groups is 1. The first-order chi connectivity index (χ1) is 28.7. The summed E-state index contributed by atoms with van der Waals surface area (Å²) < 4.78 is 22.0. The number of rotatable bonds is 24. The van der Waals surface area contributed by atoms with Gasteiger partial charge < -0.3 is 40.0 Å². The summed E-state index contributed by atoms with van der Waals surface area (Å²) in [4.78, 5) is 66.0. The van der Waals surface area contributed by atoms with Gasteiger partial charge in [0, 0.05) is 6.42 Å². The molecule has 4 N–H and O–H groups in total. The van der Waals surface area contributed by atoms with Gasteiger partial charge in [0.1, 0.15) is 38.2 Å². The zero-order valence-electron chi connectivity index (χ0n) is 32.8. The van der Waals surface area contributed by atoms with Crippen molar-refractivity contribution in [2.24, 2.45) is 5.92 Å². The summed E-state index contributed by atoms with van der Waals surface area (Å²) in [5, 5.41) is 17.9. The van der Waals surface area contributed by atoms with Crippen LogP contribution in [0.2, 0.25) is 0 Å². The Bertz CT molecular complexity index is 1940. The quantitative estimate of drug-likeness (QED) is 0.0401. The van der Waals surface area contributed by atoms with Crippen molar-refractivity contribution < 1.29 is 48.0 Å². The Kier molecular flexibility index (Phi) is 18.9. The minimum atomic E-state index is -1.48. The molecule has 4 aromatic rings. The molecule has 59 heavy (non-hydrogen) atoms. The van der Waals surface area contributed by atoms with E-state index in [9.17, 15) is 29.1 Å². The van der Waals surface area contributed by atoms with Crippen LogP contribution >= 0.6 is 0 Å². The zero-order chi connectivity index (χ0) is 42.2. The number of carbonyl (C=O) groups is 5. The van der Waals surface area contributed by atoms with Crippen molar-refractivity contribution in [3.63, 3.8) is 0 Å². The molecule has 0 aliphatic heterocycles. The second kappa shape index (κ2) is 24.8. The molecule has 0 saturated heterocycles. The highest BCUT2D eigenvalue weighted by Gasteiger charge is 2.31. The maximum atomic E-state index is 13.7. The minimum Gasteiger partial charge on any atom is -0.489 e. The number of hydrogen-bond donors (Lipinski definition) is 4. The van der Waals surface area contributed by atoms with E-state index < -0.39 is 60.5 Å². The fourth-order valence-corrected chi connectivity index (χ4v) is 5.74. The Hall–Kier alpha value is -6.73.